The van der Waals surface area contributed by atoms with Crippen molar-refractivity contribution < 1.29 is 0 Å². The minimum Gasteiger partial charge on any atom is -0.253 e. The third-order valence-corrected chi connectivity index (χ3v) is 4.01. The molecular formula is C14H6Br2N4. The molecule has 96 valence electrons. The van der Waals surface area contributed by atoms with Crippen LogP contribution < -0.4 is 0 Å². The molecule has 0 aliphatic rings. The second-order valence-electron chi connectivity index (χ2n) is 4.35. The lowest BCUT2D eigenvalue weighted by Crippen LogP contribution is -1.92. The van der Waals surface area contributed by atoms with Crippen LogP contribution in [0.25, 0.3) is 32.8 Å². The molecule has 0 saturated heterocycles. The van der Waals surface area contributed by atoms with E-state index in [1.54, 1.807) is 24.8 Å². The molecule has 0 atom stereocenters. The Morgan fingerprint density at radius 2 is 1.00 bits per heavy atom. The number of aromatic nitrogens is 4. The summed E-state index contributed by atoms with van der Waals surface area (Å²) in [5.41, 5.74) is 3.35. The summed E-state index contributed by atoms with van der Waals surface area (Å²) < 4.78 is 1.82. The quantitative estimate of drug-likeness (QED) is 0.422. The first kappa shape index (κ1) is 12.1. The molecule has 6 heteroatoms. The van der Waals surface area contributed by atoms with Crippen molar-refractivity contribution in [2.24, 2.45) is 0 Å². The fraction of sp³-hybridized carbons (Fsp3) is 0. The maximum Gasteiger partial charge on any atom is 0.0988 e. The number of benzene rings is 1. The smallest absolute Gasteiger partial charge is 0.0988 e. The first-order chi connectivity index (χ1) is 9.74. The molecule has 0 fully saturated rings. The van der Waals surface area contributed by atoms with E-state index in [-0.39, 0.29) is 0 Å². The van der Waals surface area contributed by atoms with Gasteiger partial charge in [-0.2, -0.15) is 0 Å². The highest BCUT2D eigenvalue weighted by atomic mass is 79.9. The van der Waals surface area contributed by atoms with Gasteiger partial charge >= 0.3 is 0 Å². The number of pyridine rings is 2. The maximum absolute atomic E-state index is 4.50. The van der Waals surface area contributed by atoms with Crippen LogP contribution in [0.5, 0.6) is 0 Å². The van der Waals surface area contributed by atoms with Crippen LogP contribution in [-0.2, 0) is 0 Å². The van der Waals surface area contributed by atoms with E-state index >= 15 is 0 Å². The van der Waals surface area contributed by atoms with Gasteiger partial charge in [0, 0.05) is 44.5 Å². The molecule has 20 heavy (non-hydrogen) atoms. The average Bonchev–Trinajstić information content (AvgIpc) is 2.47. The Balaban J connectivity index is 2.40. The van der Waals surface area contributed by atoms with Gasteiger partial charge < -0.3 is 0 Å². The zero-order valence-electron chi connectivity index (χ0n) is 10.0. The predicted molar refractivity (Wildman–Crippen MR) is 85.5 cm³/mol. The van der Waals surface area contributed by atoms with Crippen molar-refractivity contribution in [2.45, 2.75) is 0 Å². The predicted octanol–water partition coefficient (Wildman–Crippen LogP) is 4.25. The highest BCUT2D eigenvalue weighted by Gasteiger charge is 2.12. The van der Waals surface area contributed by atoms with Gasteiger partial charge in [-0.3, -0.25) is 19.9 Å². The van der Waals surface area contributed by atoms with Gasteiger partial charge in [0.1, 0.15) is 0 Å². The molecule has 0 spiro atoms. The van der Waals surface area contributed by atoms with Crippen LogP contribution in [0.1, 0.15) is 0 Å². The summed E-state index contributed by atoms with van der Waals surface area (Å²) in [5.74, 6) is 0. The first-order valence-electron chi connectivity index (χ1n) is 5.87. The van der Waals surface area contributed by atoms with E-state index in [0.717, 1.165) is 41.8 Å². The lowest BCUT2D eigenvalue weighted by molar-refractivity contribution is 1.29. The monoisotopic (exact) mass is 388 g/mol. The van der Waals surface area contributed by atoms with E-state index in [2.05, 4.69) is 51.8 Å². The highest BCUT2D eigenvalue weighted by molar-refractivity contribution is 9.10. The first-order valence-corrected chi connectivity index (χ1v) is 7.46. The van der Waals surface area contributed by atoms with Crippen LogP contribution in [-0.4, -0.2) is 19.9 Å². The van der Waals surface area contributed by atoms with Crippen LogP contribution in [0.4, 0.5) is 0 Å². The second-order valence-corrected chi connectivity index (χ2v) is 6.18. The van der Waals surface area contributed by atoms with Gasteiger partial charge in [-0.1, -0.05) is 0 Å². The topological polar surface area (TPSA) is 51.6 Å². The molecule has 0 amide bonds. The van der Waals surface area contributed by atoms with E-state index in [1.807, 2.05) is 12.1 Å². The van der Waals surface area contributed by atoms with Gasteiger partial charge in [-0.05, 0) is 44.0 Å². The number of nitrogens with zero attached hydrogens (tertiary/aromatic N) is 4. The number of hydrogen-bond donors (Lipinski definition) is 0. The Morgan fingerprint density at radius 1 is 0.600 bits per heavy atom. The van der Waals surface area contributed by atoms with Gasteiger partial charge in [0.25, 0.3) is 0 Å². The largest absolute Gasteiger partial charge is 0.253 e. The third-order valence-electron chi connectivity index (χ3n) is 3.14. The molecule has 1 aromatic carbocycles. The van der Waals surface area contributed by atoms with Crippen molar-refractivity contribution in [1.82, 2.24) is 19.9 Å². The van der Waals surface area contributed by atoms with Crippen LogP contribution in [0.15, 0.2) is 45.9 Å². The number of fused-ring (bicyclic) bond motifs is 6. The molecule has 0 saturated carbocycles. The molecule has 4 rings (SSSR count). The van der Waals surface area contributed by atoms with Gasteiger partial charge in [0.2, 0.25) is 0 Å². The fourth-order valence-corrected chi connectivity index (χ4v) is 3.01. The standard InChI is InChI=1S/C14H6Br2N4/c15-7-3-9-11-12(18-2-1-17-11)10-4-8(16)6-20-14(10)13(9)19-5-7/h1-6H. The van der Waals surface area contributed by atoms with Gasteiger partial charge in [-0.15, -0.1) is 0 Å². The summed E-state index contributed by atoms with van der Waals surface area (Å²) in [6, 6.07) is 4.00. The van der Waals surface area contributed by atoms with Gasteiger partial charge in [-0.25, -0.2) is 0 Å². The zero-order chi connectivity index (χ0) is 13.7. The van der Waals surface area contributed by atoms with Crippen LogP contribution in [0.2, 0.25) is 0 Å². The molecule has 0 bridgehead atoms. The summed E-state index contributed by atoms with van der Waals surface area (Å²) >= 11 is 6.91. The zero-order valence-corrected chi connectivity index (χ0v) is 13.2. The normalized spacial score (nSPS) is 11.5. The molecule has 0 unspecified atom stereocenters. The number of halogens is 2. The molecule has 4 nitrogen and oxygen atoms in total. The van der Waals surface area contributed by atoms with Crippen molar-refractivity contribution in [3.8, 4) is 0 Å². The Labute approximate surface area is 130 Å². The molecule has 0 aliphatic heterocycles. The lowest BCUT2D eigenvalue weighted by Gasteiger charge is -2.07. The van der Waals surface area contributed by atoms with Crippen LogP contribution >= 0.6 is 31.9 Å². The van der Waals surface area contributed by atoms with Crippen molar-refractivity contribution in [3.63, 3.8) is 0 Å². The minimum absolute atomic E-state index is 0.837. The van der Waals surface area contributed by atoms with Crippen molar-refractivity contribution >= 4 is 64.7 Å². The summed E-state index contributed by atoms with van der Waals surface area (Å²) in [6.07, 6.45) is 6.93. The Kier molecular flexibility index (Phi) is 2.68. The summed E-state index contributed by atoms with van der Waals surface area (Å²) in [5, 5.41) is 1.90. The van der Waals surface area contributed by atoms with Gasteiger partial charge in [0.05, 0.1) is 22.1 Å². The van der Waals surface area contributed by atoms with Crippen LogP contribution in [0, 0.1) is 0 Å². The van der Waals surface area contributed by atoms with Crippen molar-refractivity contribution in [1.29, 1.82) is 0 Å². The van der Waals surface area contributed by atoms with Crippen molar-refractivity contribution in [3.05, 3.63) is 45.9 Å². The molecule has 0 aliphatic carbocycles. The maximum atomic E-state index is 4.50. The summed E-state index contributed by atoms with van der Waals surface area (Å²) in [7, 11) is 0. The fourth-order valence-electron chi connectivity index (χ4n) is 2.35. The number of hydrogen-bond acceptors (Lipinski definition) is 4. The Bertz CT molecular complexity index is 884. The van der Waals surface area contributed by atoms with E-state index in [1.165, 1.54) is 0 Å². The van der Waals surface area contributed by atoms with E-state index < -0.39 is 0 Å². The van der Waals surface area contributed by atoms with E-state index in [0.29, 0.717) is 0 Å². The molecule has 0 N–H and O–H groups in total. The highest BCUT2D eigenvalue weighted by Crippen LogP contribution is 2.32. The summed E-state index contributed by atoms with van der Waals surface area (Å²) in [6.45, 7) is 0. The number of rotatable bonds is 0. The minimum atomic E-state index is 0.837. The molecule has 4 aromatic rings. The SMILES string of the molecule is Brc1cnc2c(c1)c1nccnc1c1cc(Br)cnc12. The van der Waals surface area contributed by atoms with Crippen LogP contribution in [0.3, 0.4) is 0 Å². The molecule has 3 aromatic heterocycles. The Hall–Kier alpha value is -1.66. The average molecular weight is 390 g/mol. The van der Waals surface area contributed by atoms with Crippen molar-refractivity contribution in [2.75, 3.05) is 0 Å². The Morgan fingerprint density at radius 3 is 1.45 bits per heavy atom. The van der Waals surface area contributed by atoms with Gasteiger partial charge in [0.15, 0.2) is 0 Å². The molecule has 0 radical (unpaired) electrons. The molecule has 3 heterocycles. The lowest BCUT2D eigenvalue weighted by atomic mass is 10.1. The van der Waals surface area contributed by atoms with E-state index in [4.69, 9.17) is 0 Å². The molecular weight excluding hydrogens is 384 g/mol. The second kappa shape index (κ2) is 4.43. The third kappa shape index (κ3) is 1.72. The van der Waals surface area contributed by atoms with E-state index in [9.17, 15) is 0 Å². The summed E-state index contributed by atoms with van der Waals surface area (Å²) in [4.78, 5) is 17.9.